The van der Waals surface area contributed by atoms with E-state index in [1.807, 2.05) is 0 Å². The van der Waals surface area contributed by atoms with Crippen molar-refractivity contribution in [2.24, 2.45) is 0 Å². The zero-order chi connectivity index (χ0) is 13.9. The summed E-state index contributed by atoms with van der Waals surface area (Å²) in [7, 11) is 0. The van der Waals surface area contributed by atoms with Crippen molar-refractivity contribution >= 4 is 5.78 Å². The summed E-state index contributed by atoms with van der Waals surface area (Å²) < 4.78 is 6.10. The molecule has 0 radical (unpaired) electrons. The number of unbranched alkanes of at least 4 members (excludes halogenated alkanes) is 4. The summed E-state index contributed by atoms with van der Waals surface area (Å²) in [5, 5.41) is 0. The molecule has 112 valence electrons. The maximum absolute atomic E-state index is 11.8. The summed E-state index contributed by atoms with van der Waals surface area (Å²) in [5.41, 5.74) is 0. The van der Waals surface area contributed by atoms with Gasteiger partial charge in [-0.05, 0) is 32.1 Å². The molecule has 2 heteroatoms. The molecule has 0 spiro atoms. The Morgan fingerprint density at radius 3 is 2.47 bits per heavy atom. The first kappa shape index (κ1) is 16.7. The van der Waals surface area contributed by atoms with Crippen LogP contribution < -0.4 is 0 Å². The number of hydrogen-bond donors (Lipinski definition) is 0. The quantitative estimate of drug-likeness (QED) is 0.519. The van der Waals surface area contributed by atoms with Gasteiger partial charge in [0.25, 0.3) is 0 Å². The van der Waals surface area contributed by atoms with Crippen LogP contribution in [-0.2, 0) is 9.53 Å². The summed E-state index contributed by atoms with van der Waals surface area (Å²) in [6.07, 6.45) is 14.2. The standard InChI is InChI=1S/C17H32O2/c1-3-5-7-8-11-16-12-9-13-17(19-16)14-15(18)10-6-4-2/h16-17H,3-14H2,1-2H3/t16-,17+/m0/s1. The predicted octanol–water partition coefficient (Wildman–Crippen LogP) is 5.04. The van der Waals surface area contributed by atoms with Gasteiger partial charge in [-0.2, -0.15) is 0 Å². The lowest BCUT2D eigenvalue weighted by Gasteiger charge is -2.30. The maximum atomic E-state index is 11.8. The van der Waals surface area contributed by atoms with Crippen molar-refractivity contribution in [3.05, 3.63) is 0 Å². The minimum absolute atomic E-state index is 0.217. The van der Waals surface area contributed by atoms with Crippen LogP contribution in [0, 0.1) is 0 Å². The van der Waals surface area contributed by atoms with E-state index in [0.29, 0.717) is 18.3 Å². The highest BCUT2D eigenvalue weighted by Crippen LogP contribution is 2.25. The smallest absolute Gasteiger partial charge is 0.135 e. The van der Waals surface area contributed by atoms with Crippen molar-refractivity contribution in [1.29, 1.82) is 0 Å². The second kappa shape index (κ2) is 10.4. The highest BCUT2D eigenvalue weighted by atomic mass is 16.5. The first-order valence-corrected chi connectivity index (χ1v) is 8.43. The molecule has 1 rings (SSSR count). The Labute approximate surface area is 119 Å². The van der Waals surface area contributed by atoms with E-state index in [2.05, 4.69) is 13.8 Å². The zero-order valence-corrected chi connectivity index (χ0v) is 13.0. The third-order valence-corrected chi connectivity index (χ3v) is 4.08. The zero-order valence-electron chi connectivity index (χ0n) is 13.0. The summed E-state index contributed by atoms with van der Waals surface area (Å²) in [5.74, 6) is 0.401. The van der Waals surface area contributed by atoms with Crippen molar-refractivity contribution in [2.75, 3.05) is 0 Å². The normalized spacial score (nSPS) is 23.5. The first-order chi connectivity index (χ1) is 9.26. The van der Waals surface area contributed by atoms with Gasteiger partial charge in [0.1, 0.15) is 5.78 Å². The summed E-state index contributed by atoms with van der Waals surface area (Å²) in [6.45, 7) is 4.38. The third kappa shape index (κ3) is 7.71. The van der Waals surface area contributed by atoms with E-state index in [4.69, 9.17) is 4.74 Å². The molecule has 0 N–H and O–H groups in total. The van der Waals surface area contributed by atoms with Crippen LogP contribution in [0.2, 0.25) is 0 Å². The molecule has 0 amide bonds. The summed E-state index contributed by atoms with van der Waals surface area (Å²) in [4.78, 5) is 11.8. The molecule has 2 nitrogen and oxygen atoms in total. The molecule has 0 bridgehead atoms. The topological polar surface area (TPSA) is 26.3 Å². The lowest BCUT2D eigenvalue weighted by molar-refractivity contribution is -0.125. The van der Waals surface area contributed by atoms with Gasteiger partial charge in [-0.1, -0.05) is 46.0 Å². The van der Waals surface area contributed by atoms with Crippen LogP contribution in [0.5, 0.6) is 0 Å². The molecule has 0 aromatic rings. The number of ketones is 1. The largest absolute Gasteiger partial charge is 0.375 e. The number of rotatable bonds is 10. The van der Waals surface area contributed by atoms with Crippen molar-refractivity contribution in [2.45, 2.75) is 103 Å². The van der Waals surface area contributed by atoms with E-state index in [-0.39, 0.29) is 6.10 Å². The van der Waals surface area contributed by atoms with E-state index in [1.54, 1.807) is 0 Å². The molecule has 2 atom stereocenters. The van der Waals surface area contributed by atoms with E-state index in [0.717, 1.165) is 25.7 Å². The molecule has 1 heterocycles. The van der Waals surface area contributed by atoms with Gasteiger partial charge in [0.2, 0.25) is 0 Å². The van der Waals surface area contributed by atoms with E-state index in [1.165, 1.54) is 44.9 Å². The van der Waals surface area contributed by atoms with Crippen molar-refractivity contribution in [3.63, 3.8) is 0 Å². The number of carbonyl (C=O) groups is 1. The lowest BCUT2D eigenvalue weighted by Crippen LogP contribution is -2.29. The highest BCUT2D eigenvalue weighted by molar-refractivity contribution is 5.78. The van der Waals surface area contributed by atoms with Crippen molar-refractivity contribution < 1.29 is 9.53 Å². The number of ether oxygens (including phenoxy) is 1. The predicted molar refractivity (Wildman–Crippen MR) is 80.4 cm³/mol. The van der Waals surface area contributed by atoms with Crippen molar-refractivity contribution in [1.82, 2.24) is 0 Å². The number of hydrogen-bond acceptors (Lipinski definition) is 2. The van der Waals surface area contributed by atoms with Gasteiger partial charge in [-0.3, -0.25) is 4.79 Å². The minimum atomic E-state index is 0.217. The fraction of sp³-hybridized carbons (Fsp3) is 0.941. The fourth-order valence-corrected chi connectivity index (χ4v) is 2.87. The monoisotopic (exact) mass is 268 g/mol. The van der Waals surface area contributed by atoms with Crippen LogP contribution in [0.1, 0.15) is 90.9 Å². The Morgan fingerprint density at radius 1 is 1.00 bits per heavy atom. The van der Waals surface area contributed by atoms with Crippen LogP contribution in [0.25, 0.3) is 0 Å². The minimum Gasteiger partial charge on any atom is -0.375 e. The molecule has 0 aromatic heterocycles. The fourth-order valence-electron chi connectivity index (χ4n) is 2.87. The Hall–Kier alpha value is -0.370. The van der Waals surface area contributed by atoms with E-state index in [9.17, 15) is 4.79 Å². The van der Waals surface area contributed by atoms with Crippen LogP contribution in [0.15, 0.2) is 0 Å². The molecule has 19 heavy (non-hydrogen) atoms. The van der Waals surface area contributed by atoms with Gasteiger partial charge in [0.05, 0.1) is 12.2 Å². The summed E-state index contributed by atoms with van der Waals surface area (Å²) >= 11 is 0. The first-order valence-electron chi connectivity index (χ1n) is 8.43. The second-order valence-corrected chi connectivity index (χ2v) is 6.01. The molecule has 1 aliphatic heterocycles. The maximum Gasteiger partial charge on any atom is 0.135 e. The van der Waals surface area contributed by atoms with Crippen molar-refractivity contribution in [3.8, 4) is 0 Å². The molecule has 0 unspecified atom stereocenters. The van der Waals surface area contributed by atoms with Crippen LogP contribution >= 0.6 is 0 Å². The highest BCUT2D eigenvalue weighted by Gasteiger charge is 2.23. The van der Waals surface area contributed by atoms with E-state index >= 15 is 0 Å². The van der Waals surface area contributed by atoms with Crippen LogP contribution in [0.3, 0.4) is 0 Å². The Balaban J connectivity index is 2.16. The average Bonchev–Trinajstić information content (AvgIpc) is 2.42. The number of Topliss-reactive ketones (excluding diaryl/α,β-unsaturated/α-hetero) is 1. The van der Waals surface area contributed by atoms with Gasteiger partial charge in [0, 0.05) is 12.8 Å². The van der Waals surface area contributed by atoms with Crippen LogP contribution in [0.4, 0.5) is 0 Å². The third-order valence-electron chi connectivity index (χ3n) is 4.08. The molecule has 1 fully saturated rings. The van der Waals surface area contributed by atoms with Gasteiger partial charge in [0.15, 0.2) is 0 Å². The molecule has 0 saturated carbocycles. The Kier molecular flexibility index (Phi) is 9.15. The SMILES string of the molecule is CCCCCC[C@H]1CCC[C@H](CC(=O)CCCC)O1. The molecular weight excluding hydrogens is 236 g/mol. The van der Waals surface area contributed by atoms with Gasteiger partial charge >= 0.3 is 0 Å². The van der Waals surface area contributed by atoms with E-state index < -0.39 is 0 Å². The second-order valence-electron chi connectivity index (χ2n) is 6.01. The molecule has 1 saturated heterocycles. The van der Waals surface area contributed by atoms with Gasteiger partial charge in [-0.15, -0.1) is 0 Å². The van der Waals surface area contributed by atoms with Gasteiger partial charge in [-0.25, -0.2) is 0 Å². The Morgan fingerprint density at radius 2 is 1.74 bits per heavy atom. The van der Waals surface area contributed by atoms with Gasteiger partial charge < -0.3 is 4.74 Å². The average molecular weight is 268 g/mol. The number of carbonyl (C=O) groups excluding carboxylic acids is 1. The van der Waals surface area contributed by atoms with Crippen LogP contribution in [-0.4, -0.2) is 18.0 Å². The molecular formula is C17H32O2. The lowest BCUT2D eigenvalue weighted by atomic mass is 9.96. The molecule has 1 aliphatic rings. The molecule has 0 aliphatic carbocycles. The molecule has 0 aromatic carbocycles. The Bertz CT molecular complexity index is 237. The summed E-state index contributed by atoms with van der Waals surface area (Å²) in [6, 6.07) is 0.